The van der Waals surface area contributed by atoms with Gasteiger partial charge in [0.15, 0.2) is 0 Å². The van der Waals surface area contributed by atoms with Crippen molar-refractivity contribution < 1.29 is 9.47 Å². The standard InChI is InChI=1S/C12H17ClO2/c1-8(9(2)13)11-7-10(14-3)5-6-12(11)15-4/h5-9H,1-4H3. The molecule has 84 valence electrons. The molecule has 0 radical (unpaired) electrons. The highest BCUT2D eigenvalue weighted by atomic mass is 35.5. The topological polar surface area (TPSA) is 18.5 Å². The Labute approximate surface area is 96.2 Å². The Balaban J connectivity index is 3.11. The van der Waals surface area contributed by atoms with Crippen molar-refractivity contribution in [2.45, 2.75) is 25.1 Å². The molecule has 0 aliphatic rings. The van der Waals surface area contributed by atoms with Crippen LogP contribution in [-0.2, 0) is 0 Å². The van der Waals surface area contributed by atoms with Gasteiger partial charge in [-0.3, -0.25) is 0 Å². The molecule has 15 heavy (non-hydrogen) atoms. The Morgan fingerprint density at radius 3 is 2.27 bits per heavy atom. The molecule has 0 aliphatic heterocycles. The maximum absolute atomic E-state index is 6.09. The molecule has 3 heteroatoms. The molecule has 0 saturated heterocycles. The third-order valence-corrected chi connectivity index (χ3v) is 2.99. The molecule has 0 heterocycles. The zero-order valence-electron chi connectivity index (χ0n) is 9.58. The molecule has 0 aromatic heterocycles. The fourth-order valence-electron chi connectivity index (χ4n) is 1.44. The Morgan fingerprint density at radius 2 is 1.80 bits per heavy atom. The summed E-state index contributed by atoms with van der Waals surface area (Å²) >= 11 is 6.09. The molecule has 0 saturated carbocycles. The van der Waals surface area contributed by atoms with Crippen LogP contribution in [0.25, 0.3) is 0 Å². The van der Waals surface area contributed by atoms with Gasteiger partial charge in [-0.1, -0.05) is 6.92 Å². The third kappa shape index (κ3) is 2.78. The van der Waals surface area contributed by atoms with Gasteiger partial charge in [-0.25, -0.2) is 0 Å². The van der Waals surface area contributed by atoms with E-state index < -0.39 is 0 Å². The minimum absolute atomic E-state index is 0.0611. The molecule has 0 N–H and O–H groups in total. The molecule has 1 aromatic carbocycles. The van der Waals surface area contributed by atoms with E-state index in [0.29, 0.717) is 0 Å². The molecule has 0 bridgehead atoms. The fraction of sp³-hybridized carbons (Fsp3) is 0.500. The lowest BCUT2D eigenvalue weighted by Gasteiger charge is -2.18. The van der Waals surface area contributed by atoms with Crippen LogP contribution in [0.1, 0.15) is 25.3 Å². The third-order valence-electron chi connectivity index (χ3n) is 2.62. The monoisotopic (exact) mass is 228 g/mol. The van der Waals surface area contributed by atoms with Crippen molar-refractivity contribution in [3.63, 3.8) is 0 Å². The predicted molar refractivity (Wildman–Crippen MR) is 63.3 cm³/mol. The van der Waals surface area contributed by atoms with Crippen LogP contribution < -0.4 is 9.47 Å². The largest absolute Gasteiger partial charge is 0.497 e. The summed E-state index contributed by atoms with van der Waals surface area (Å²) < 4.78 is 10.5. The van der Waals surface area contributed by atoms with Crippen molar-refractivity contribution in [2.75, 3.05) is 14.2 Å². The highest BCUT2D eigenvalue weighted by Crippen LogP contribution is 2.33. The molecule has 2 atom stereocenters. The van der Waals surface area contributed by atoms with E-state index in [1.807, 2.05) is 25.1 Å². The van der Waals surface area contributed by atoms with E-state index in [1.54, 1.807) is 14.2 Å². The van der Waals surface area contributed by atoms with Crippen LogP contribution in [0.5, 0.6) is 11.5 Å². The Hall–Kier alpha value is -0.890. The fourth-order valence-corrected chi connectivity index (χ4v) is 1.58. The maximum Gasteiger partial charge on any atom is 0.122 e. The molecule has 0 spiro atoms. The number of halogens is 1. The second-order valence-electron chi connectivity index (χ2n) is 3.57. The SMILES string of the molecule is COc1ccc(OC)c(C(C)C(C)Cl)c1. The minimum atomic E-state index is 0.0611. The lowest BCUT2D eigenvalue weighted by atomic mass is 9.97. The molecule has 0 aliphatic carbocycles. The number of hydrogen-bond acceptors (Lipinski definition) is 2. The first-order chi connectivity index (χ1) is 7.10. The van der Waals surface area contributed by atoms with Gasteiger partial charge in [-0.15, -0.1) is 11.6 Å². The van der Waals surface area contributed by atoms with Gasteiger partial charge in [0.2, 0.25) is 0 Å². The second kappa shape index (κ2) is 5.26. The van der Waals surface area contributed by atoms with Crippen LogP contribution in [0, 0.1) is 0 Å². The van der Waals surface area contributed by atoms with Gasteiger partial charge >= 0.3 is 0 Å². The number of ether oxygens (including phenoxy) is 2. The van der Waals surface area contributed by atoms with Crippen LogP contribution >= 0.6 is 11.6 Å². The van der Waals surface area contributed by atoms with Crippen molar-refractivity contribution in [1.29, 1.82) is 0 Å². The Bertz CT molecular complexity index is 323. The van der Waals surface area contributed by atoms with Gasteiger partial charge in [0.05, 0.1) is 14.2 Å². The van der Waals surface area contributed by atoms with Crippen molar-refractivity contribution in [2.24, 2.45) is 0 Å². The normalized spacial score (nSPS) is 14.5. The van der Waals surface area contributed by atoms with E-state index in [2.05, 4.69) is 6.92 Å². The molecular formula is C12H17ClO2. The molecule has 2 unspecified atom stereocenters. The van der Waals surface area contributed by atoms with Crippen molar-refractivity contribution in [3.8, 4) is 11.5 Å². The number of alkyl halides is 1. The minimum Gasteiger partial charge on any atom is -0.497 e. The molecule has 2 nitrogen and oxygen atoms in total. The van der Waals surface area contributed by atoms with Gasteiger partial charge in [0.1, 0.15) is 11.5 Å². The van der Waals surface area contributed by atoms with E-state index in [1.165, 1.54) is 0 Å². The summed E-state index contributed by atoms with van der Waals surface area (Å²) in [4.78, 5) is 0. The van der Waals surface area contributed by atoms with Crippen molar-refractivity contribution in [1.82, 2.24) is 0 Å². The Kier molecular flexibility index (Phi) is 4.28. The van der Waals surface area contributed by atoms with Gasteiger partial charge < -0.3 is 9.47 Å². The highest BCUT2D eigenvalue weighted by Gasteiger charge is 2.16. The summed E-state index contributed by atoms with van der Waals surface area (Å²) in [6.45, 7) is 4.06. The zero-order chi connectivity index (χ0) is 11.4. The van der Waals surface area contributed by atoms with Crippen LogP contribution in [0.3, 0.4) is 0 Å². The number of methoxy groups -OCH3 is 2. The van der Waals surface area contributed by atoms with Gasteiger partial charge in [-0.2, -0.15) is 0 Å². The van der Waals surface area contributed by atoms with Crippen LogP contribution in [-0.4, -0.2) is 19.6 Å². The molecule has 1 rings (SSSR count). The van der Waals surface area contributed by atoms with Crippen molar-refractivity contribution in [3.05, 3.63) is 23.8 Å². The first-order valence-electron chi connectivity index (χ1n) is 4.96. The number of hydrogen-bond donors (Lipinski definition) is 0. The van der Waals surface area contributed by atoms with E-state index in [4.69, 9.17) is 21.1 Å². The van der Waals surface area contributed by atoms with E-state index >= 15 is 0 Å². The summed E-state index contributed by atoms with van der Waals surface area (Å²) in [6.07, 6.45) is 0. The van der Waals surface area contributed by atoms with E-state index in [-0.39, 0.29) is 11.3 Å². The first-order valence-corrected chi connectivity index (χ1v) is 5.39. The second-order valence-corrected chi connectivity index (χ2v) is 4.26. The lowest BCUT2D eigenvalue weighted by molar-refractivity contribution is 0.395. The summed E-state index contributed by atoms with van der Waals surface area (Å²) in [6, 6.07) is 5.76. The predicted octanol–water partition coefficient (Wildman–Crippen LogP) is 3.43. The van der Waals surface area contributed by atoms with Crippen LogP contribution in [0.4, 0.5) is 0 Å². The van der Waals surface area contributed by atoms with E-state index in [9.17, 15) is 0 Å². The quantitative estimate of drug-likeness (QED) is 0.735. The average molecular weight is 229 g/mol. The number of benzene rings is 1. The smallest absolute Gasteiger partial charge is 0.122 e. The van der Waals surface area contributed by atoms with Gasteiger partial charge in [0, 0.05) is 16.9 Å². The Morgan fingerprint density at radius 1 is 1.13 bits per heavy atom. The summed E-state index contributed by atoms with van der Waals surface area (Å²) in [5.74, 6) is 1.92. The van der Waals surface area contributed by atoms with E-state index in [0.717, 1.165) is 17.1 Å². The summed E-state index contributed by atoms with van der Waals surface area (Å²) in [5, 5.41) is 0.0611. The van der Waals surface area contributed by atoms with Crippen LogP contribution in [0.2, 0.25) is 0 Å². The average Bonchev–Trinajstić information content (AvgIpc) is 2.27. The zero-order valence-corrected chi connectivity index (χ0v) is 10.3. The van der Waals surface area contributed by atoms with Gasteiger partial charge in [-0.05, 0) is 25.1 Å². The molecule has 0 fully saturated rings. The first kappa shape index (κ1) is 12.2. The van der Waals surface area contributed by atoms with Gasteiger partial charge in [0.25, 0.3) is 0 Å². The van der Waals surface area contributed by atoms with Crippen molar-refractivity contribution >= 4 is 11.6 Å². The maximum atomic E-state index is 6.09. The molecular weight excluding hydrogens is 212 g/mol. The summed E-state index contributed by atoms with van der Waals surface area (Å²) in [5.41, 5.74) is 1.08. The molecule has 1 aromatic rings. The molecule has 0 amide bonds. The number of rotatable bonds is 4. The highest BCUT2D eigenvalue weighted by molar-refractivity contribution is 6.20. The summed E-state index contributed by atoms with van der Waals surface area (Å²) in [7, 11) is 3.32. The van der Waals surface area contributed by atoms with Crippen LogP contribution in [0.15, 0.2) is 18.2 Å². The lowest BCUT2D eigenvalue weighted by Crippen LogP contribution is -2.07.